The molecule has 1 aliphatic heterocycles. The molecule has 0 saturated carbocycles. The maximum Gasteiger partial charge on any atom is 0.410 e. The highest BCUT2D eigenvalue weighted by atomic mass is 35.5. The maximum absolute atomic E-state index is 12.0. The van der Waals surface area contributed by atoms with E-state index in [2.05, 4.69) is 9.97 Å². The average molecular weight is 314 g/mol. The van der Waals surface area contributed by atoms with E-state index in [4.69, 9.17) is 21.1 Å². The average Bonchev–Trinajstić information content (AvgIpc) is 2.83. The number of aromatic nitrogens is 2. The fraction of sp³-hybridized carbons (Fsp3) is 0.643. The molecular formula is C14H20ClN3O3. The Kier molecular flexibility index (Phi) is 4.88. The van der Waals surface area contributed by atoms with E-state index in [-0.39, 0.29) is 12.0 Å². The van der Waals surface area contributed by atoms with E-state index < -0.39 is 5.60 Å². The molecule has 21 heavy (non-hydrogen) atoms. The van der Waals surface area contributed by atoms with E-state index in [1.165, 1.54) is 6.33 Å². The summed E-state index contributed by atoms with van der Waals surface area (Å²) in [7, 11) is 0. The first-order valence-corrected chi connectivity index (χ1v) is 7.29. The molecule has 1 aromatic rings. The number of carbonyl (C=O) groups is 1. The molecule has 7 heteroatoms. The number of amides is 1. The first-order valence-electron chi connectivity index (χ1n) is 6.92. The van der Waals surface area contributed by atoms with Crippen molar-refractivity contribution >= 4 is 17.7 Å². The van der Waals surface area contributed by atoms with Crippen LogP contribution in [0.5, 0.6) is 5.88 Å². The van der Waals surface area contributed by atoms with Gasteiger partial charge >= 0.3 is 6.09 Å². The minimum Gasteiger partial charge on any atom is -0.477 e. The molecule has 0 N–H and O–H groups in total. The zero-order valence-corrected chi connectivity index (χ0v) is 13.3. The molecule has 1 amide bonds. The van der Waals surface area contributed by atoms with Crippen LogP contribution in [-0.2, 0) is 4.74 Å². The number of hydrogen-bond donors (Lipinski definition) is 0. The molecule has 6 nitrogen and oxygen atoms in total. The predicted molar refractivity (Wildman–Crippen MR) is 78.5 cm³/mol. The van der Waals surface area contributed by atoms with E-state index >= 15 is 0 Å². The van der Waals surface area contributed by atoms with E-state index in [1.54, 1.807) is 11.0 Å². The Morgan fingerprint density at radius 3 is 2.90 bits per heavy atom. The van der Waals surface area contributed by atoms with Gasteiger partial charge in [0.05, 0.1) is 6.61 Å². The van der Waals surface area contributed by atoms with Gasteiger partial charge in [-0.05, 0) is 27.2 Å². The summed E-state index contributed by atoms with van der Waals surface area (Å²) in [5, 5.41) is 0.349. The fourth-order valence-corrected chi connectivity index (χ4v) is 2.20. The number of nitrogens with zero attached hydrogens (tertiary/aromatic N) is 3. The lowest BCUT2D eigenvalue weighted by Crippen LogP contribution is -2.35. The molecule has 2 heterocycles. The molecule has 1 fully saturated rings. The van der Waals surface area contributed by atoms with E-state index in [0.29, 0.717) is 30.7 Å². The molecule has 2 rings (SSSR count). The third-order valence-electron chi connectivity index (χ3n) is 3.01. The Balaban J connectivity index is 1.79. The Morgan fingerprint density at radius 1 is 1.48 bits per heavy atom. The van der Waals surface area contributed by atoms with Gasteiger partial charge in [-0.25, -0.2) is 14.8 Å². The Morgan fingerprint density at radius 2 is 2.24 bits per heavy atom. The van der Waals surface area contributed by atoms with Gasteiger partial charge in [0.15, 0.2) is 0 Å². The number of halogens is 1. The lowest BCUT2D eigenvalue weighted by atomic mass is 10.1. The second kappa shape index (κ2) is 6.47. The van der Waals surface area contributed by atoms with Gasteiger partial charge in [0.25, 0.3) is 0 Å². The van der Waals surface area contributed by atoms with Gasteiger partial charge < -0.3 is 14.4 Å². The molecular weight excluding hydrogens is 294 g/mol. The van der Waals surface area contributed by atoms with Gasteiger partial charge in [-0.2, -0.15) is 0 Å². The molecule has 1 aliphatic rings. The van der Waals surface area contributed by atoms with Crippen molar-refractivity contribution < 1.29 is 14.3 Å². The monoisotopic (exact) mass is 313 g/mol. The van der Waals surface area contributed by atoms with Crippen LogP contribution < -0.4 is 4.74 Å². The van der Waals surface area contributed by atoms with Crippen molar-refractivity contribution in [3.8, 4) is 5.88 Å². The summed E-state index contributed by atoms with van der Waals surface area (Å²) in [6.45, 7) is 7.40. The number of carbonyl (C=O) groups excluding carboxylic acids is 1. The van der Waals surface area contributed by atoms with Crippen LogP contribution in [0, 0.1) is 5.92 Å². The summed E-state index contributed by atoms with van der Waals surface area (Å²) >= 11 is 5.77. The van der Waals surface area contributed by atoms with Gasteiger partial charge in [0.2, 0.25) is 5.88 Å². The molecule has 1 saturated heterocycles. The summed E-state index contributed by atoms with van der Waals surface area (Å²) in [4.78, 5) is 21.4. The zero-order chi connectivity index (χ0) is 15.5. The lowest BCUT2D eigenvalue weighted by Gasteiger charge is -2.24. The largest absolute Gasteiger partial charge is 0.477 e. The fourth-order valence-electron chi connectivity index (χ4n) is 2.06. The van der Waals surface area contributed by atoms with Crippen molar-refractivity contribution in [3.05, 3.63) is 17.5 Å². The van der Waals surface area contributed by atoms with Crippen molar-refractivity contribution in [2.24, 2.45) is 5.92 Å². The molecule has 0 bridgehead atoms. The molecule has 1 atom stereocenters. The van der Waals surface area contributed by atoms with Crippen LogP contribution >= 0.6 is 11.6 Å². The highest BCUT2D eigenvalue weighted by molar-refractivity contribution is 6.29. The highest BCUT2D eigenvalue weighted by Crippen LogP contribution is 2.21. The molecule has 1 unspecified atom stereocenters. The summed E-state index contributed by atoms with van der Waals surface area (Å²) in [5.74, 6) is 0.719. The van der Waals surface area contributed by atoms with E-state index in [1.807, 2.05) is 20.8 Å². The van der Waals surface area contributed by atoms with Crippen molar-refractivity contribution in [2.45, 2.75) is 32.8 Å². The minimum atomic E-state index is -0.469. The third-order valence-corrected chi connectivity index (χ3v) is 3.22. The normalized spacial score (nSPS) is 18.7. The SMILES string of the molecule is CC(C)(C)OC(=O)N1CCC(COc2cc(Cl)ncn2)C1. The second-order valence-electron chi connectivity index (χ2n) is 6.07. The summed E-state index contributed by atoms with van der Waals surface area (Å²) in [6.07, 6.45) is 1.98. The van der Waals surface area contributed by atoms with Crippen LogP contribution in [0.15, 0.2) is 12.4 Å². The molecule has 0 spiro atoms. The van der Waals surface area contributed by atoms with E-state index in [9.17, 15) is 4.79 Å². The molecule has 0 aliphatic carbocycles. The highest BCUT2D eigenvalue weighted by Gasteiger charge is 2.30. The molecule has 0 radical (unpaired) electrons. The van der Waals surface area contributed by atoms with Gasteiger partial charge in [-0.1, -0.05) is 11.6 Å². The number of ether oxygens (including phenoxy) is 2. The maximum atomic E-state index is 12.0. The number of rotatable bonds is 3. The van der Waals surface area contributed by atoms with Crippen LogP contribution in [0.3, 0.4) is 0 Å². The van der Waals surface area contributed by atoms with E-state index in [0.717, 1.165) is 6.42 Å². The molecule has 116 valence electrons. The standard InChI is InChI=1S/C14H20ClN3O3/c1-14(2,3)21-13(19)18-5-4-10(7-18)8-20-12-6-11(15)16-9-17-12/h6,9-10H,4-5,7-8H2,1-3H3. The lowest BCUT2D eigenvalue weighted by molar-refractivity contribution is 0.0284. The number of likely N-dealkylation sites (tertiary alicyclic amines) is 1. The van der Waals surface area contributed by atoms with Crippen molar-refractivity contribution in [1.82, 2.24) is 14.9 Å². The minimum absolute atomic E-state index is 0.268. The third kappa shape index (κ3) is 5.04. The van der Waals surface area contributed by atoms with Gasteiger partial charge in [-0.3, -0.25) is 0 Å². The number of hydrogen-bond acceptors (Lipinski definition) is 5. The first-order chi connectivity index (χ1) is 9.83. The Labute approximate surface area is 129 Å². The molecule has 0 aromatic carbocycles. The first kappa shape index (κ1) is 15.8. The quantitative estimate of drug-likeness (QED) is 0.803. The van der Waals surface area contributed by atoms with Crippen molar-refractivity contribution in [1.29, 1.82) is 0 Å². The van der Waals surface area contributed by atoms with Gasteiger partial charge in [0.1, 0.15) is 17.1 Å². The van der Waals surface area contributed by atoms with Gasteiger partial charge in [-0.15, -0.1) is 0 Å². The molecule has 1 aromatic heterocycles. The van der Waals surface area contributed by atoms with Gasteiger partial charge in [0, 0.05) is 25.1 Å². The van der Waals surface area contributed by atoms with Crippen LogP contribution in [0.4, 0.5) is 4.79 Å². The Bertz CT molecular complexity index is 504. The summed E-state index contributed by atoms with van der Waals surface area (Å²) < 4.78 is 10.9. The van der Waals surface area contributed by atoms with Crippen LogP contribution in [0.2, 0.25) is 5.15 Å². The van der Waals surface area contributed by atoms with Crippen LogP contribution in [-0.4, -0.2) is 46.3 Å². The van der Waals surface area contributed by atoms with Crippen molar-refractivity contribution in [2.75, 3.05) is 19.7 Å². The summed E-state index contributed by atoms with van der Waals surface area (Å²) in [5.41, 5.74) is -0.469. The topological polar surface area (TPSA) is 64.5 Å². The Hall–Kier alpha value is -1.56. The summed E-state index contributed by atoms with van der Waals surface area (Å²) in [6, 6.07) is 1.57. The second-order valence-corrected chi connectivity index (χ2v) is 6.46. The zero-order valence-electron chi connectivity index (χ0n) is 12.5. The van der Waals surface area contributed by atoms with Crippen LogP contribution in [0.25, 0.3) is 0 Å². The van der Waals surface area contributed by atoms with Crippen LogP contribution in [0.1, 0.15) is 27.2 Å². The smallest absolute Gasteiger partial charge is 0.410 e. The van der Waals surface area contributed by atoms with Crippen molar-refractivity contribution in [3.63, 3.8) is 0 Å². The predicted octanol–water partition coefficient (Wildman–Crippen LogP) is 2.77.